The molecule has 1 aromatic carbocycles. The average molecular weight is 334 g/mol. The van der Waals surface area contributed by atoms with Crippen LogP contribution in [0.2, 0.25) is 0 Å². The van der Waals surface area contributed by atoms with E-state index in [1.807, 2.05) is 0 Å². The van der Waals surface area contributed by atoms with E-state index in [-0.39, 0.29) is 36.8 Å². The van der Waals surface area contributed by atoms with E-state index in [0.29, 0.717) is 30.3 Å². The summed E-state index contributed by atoms with van der Waals surface area (Å²) in [7, 11) is 1.63. The smallest absolute Gasteiger partial charge is 0.306 e. The number of carbonyl (C=O) groups is 2. The number of ether oxygens (including phenoxy) is 4. The number of fused-ring (bicyclic) bond motifs is 1. The minimum atomic E-state index is -0.352. The molecule has 0 unspecified atom stereocenters. The van der Waals surface area contributed by atoms with Crippen molar-refractivity contribution in [3.63, 3.8) is 0 Å². The molecule has 0 aromatic heterocycles. The Morgan fingerprint density at radius 3 is 2.62 bits per heavy atom. The van der Waals surface area contributed by atoms with Gasteiger partial charge < -0.3 is 18.9 Å². The van der Waals surface area contributed by atoms with E-state index in [0.717, 1.165) is 19.3 Å². The highest BCUT2D eigenvalue weighted by atomic mass is 16.6. The van der Waals surface area contributed by atoms with Gasteiger partial charge in [0.25, 0.3) is 0 Å². The zero-order chi connectivity index (χ0) is 16.9. The fourth-order valence-electron chi connectivity index (χ4n) is 3.10. The summed E-state index contributed by atoms with van der Waals surface area (Å²) in [5.74, 6) is 0.751. The van der Waals surface area contributed by atoms with Gasteiger partial charge in [-0.05, 0) is 37.5 Å². The maximum absolute atomic E-state index is 12.3. The average Bonchev–Trinajstić information content (AvgIpc) is 3.06. The fourth-order valence-corrected chi connectivity index (χ4v) is 3.10. The Kier molecular flexibility index (Phi) is 5.35. The molecular formula is C18H22O6. The van der Waals surface area contributed by atoms with E-state index < -0.39 is 0 Å². The first-order chi connectivity index (χ1) is 11.7. The molecular weight excluding hydrogens is 312 g/mol. The van der Waals surface area contributed by atoms with Crippen LogP contribution in [-0.4, -0.2) is 44.3 Å². The number of hydrogen-bond acceptors (Lipinski definition) is 6. The SMILES string of the molecule is CO[C@@H]1CCC[C@H]1OC(=O)CCC(=O)c1ccc2c(c1)OCCO2. The molecule has 1 aliphatic heterocycles. The Hall–Kier alpha value is -2.08. The molecule has 6 heteroatoms. The Morgan fingerprint density at radius 2 is 1.83 bits per heavy atom. The Labute approximate surface area is 141 Å². The molecule has 0 N–H and O–H groups in total. The van der Waals surface area contributed by atoms with E-state index in [2.05, 4.69) is 0 Å². The molecule has 24 heavy (non-hydrogen) atoms. The normalized spacial score (nSPS) is 22.2. The second kappa shape index (κ2) is 7.66. The van der Waals surface area contributed by atoms with Gasteiger partial charge in [0.2, 0.25) is 0 Å². The van der Waals surface area contributed by atoms with Gasteiger partial charge in [0, 0.05) is 19.1 Å². The third-order valence-corrected chi connectivity index (χ3v) is 4.40. The van der Waals surface area contributed by atoms with E-state index in [4.69, 9.17) is 18.9 Å². The summed E-state index contributed by atoms with van der Waals surface area (Å²) < 4.78 is 21.6. The molecule has 2 atom stereocenters. The number of esters is 1. The predicted octanol–water partition coefficient (Wildman–Crippen LogP) is 2.53. The molecule has 2 aliphatic rings. The lowest BCUT2D eigenvalue weighted by atomic mass is 10.1. The standard InChI is InChI=1S/C18H22O6/c1-21-14-3-2-4-16(14)24-18(20)8-6-13(19)12-5-7-15-17(11-12)23-10-9-22-15/h5,7,11,14,16H,2-4,6,8-10H2,1H3/t14-,16-/m1/s1. The van der Waals surface area contributed by atoms with E-state index in [1.165, 1.54) is 0 Å². The van der Waals surface area contributed by atoms with Crippen molar-refractivity contribution < 1.29 is 28.5 Å². The van der Waals surface area contributed by atoms with Crippen LogP contribution < -0.4 is 9.47 Å². The molecule has 3 rings (SSSR count). The van der Waals surface area contributed by atoms with Gasteiger partial charge in [0.15, 0.2) is 17.3 Å². The molecule has 6 nitrogen and oxygen atoms in total. The third-order valence-electron chi connectivity index (χ3n) is 4.40. The molecule has 0 radical (unpaired) electrons. The van der Waals surface area contributed by atoms with Gasteiger partial charge in [-0.3, -0.25) is 9.59 Å². The molecule has 1 saturated carbocycles. The quantitative estimate of drug-likeness (QED) is 0.588. The minimum absolute atomic E-state index is 0.0255. The molecule has 1 heterocycles. The summed E-state index contributed by atoms with van der Waals surface area (Å²) in [5, 5.41) is 0. The number of carbonyl (C=O) groups excluding carboxylic acids is 2. The van der Waals surface area contributed by atoms with Crippen molar-refractivity contribution in [2.24, 2.45) is 0 Å². The number of hydrogen-bond donors (Lipinski definition) is 0. The second-order valence-corrected chi connectivity index (χ2v) is 6.01. The summed E-state index contributed by atoms with van der Waals surface area (Å²) in [6.07, 6.45) is 2.69. The second-order valence-electron chi connectivity index (χ2n) is 6.01. The topological polar surface area (TPSA) is 71.1 Å². The van der Waals surface area contributed by atoms with Crippen LogP contribution in [0.15, 0.2) is 18.2 Å². The van der Waals surface area contributed by atoms with Crippen molar-refractivity contribution in [1.29, 1.82) is 0 Å². The summed E-state index contributed by atoms with van der Waals surface area (Å²) in [6, 6.07) is 5.08. The highest BCUT2D eigenvalue weighted by Crippen LogP contribution is 2.31. The first-order valence-electron chi connectivity index (χ1n) is 8.32. The maximum Gasteiger partial charge on any atom is 0.306 e. The first-order valence-corrected chi connectivity index (χ1v) is 8.32. The Bertz CT molecular complexity index is 612. The third kappa shape index (κ3) is 3.87. The van der Waals surface area contributed by atoms with Gasteiger partial charge >= 0.3 is 5.97 Å². The van der Waals surface area contributed by atoms with Gasteiger partial charge in [-0.15, -0.1) is 0 Å². The van der Waals surface area contributed by atoms with Crippen molar-refractivity contribution in [3.05, 3.63) is 23.8 Å². The first kappa shape index (κ1) is 16.8. The summed E-state index contributed by atoms with van der Waals surface area (Å²) in [6.45, 7) is 0.981. The van der Waals surface area contributed by atoms with Crippen LogP contribution in [0.1, 0.15) is 42.5 Å². The van der Waals surface area contributed by atoms with E-state index in [9.17, 15) is 9.59 Å². The van der Waals surface area contributed by atoms with E-state index in [1.54, 1.807) is 25.3 Å². The minimum Gasteiger partial charge on any atom is -0.486 e. The van der Waals surface area contributed by atoms with Crippen molar-refractivity contribution in [2.75, 3.05) is 20.3 Å². The van der Waals surface area contributed by atoms with E-state index >= 15 is 0 Å². The molecule has 0 amide bonds. The zero-order valence-electron chi connectivity index (χ0n) is 13.8. The van der Waals surface area contributed by atoms with Crippen molar-refractivity contribution in [3.8, 4) is 11.5 Å². The molecule has 1 fully saturated rings. The van der Waals surface area contributed by atoms with Crippen molar-refractivity contribution in [2.45, 2.75) is 44.3 Å². The number of ketones is 1. The fraction of sp³-hybridized carbons (Fsp3) is 0.556. The van der Waals surface area contributed by atoms with Gasteiger partial charge in [-0.2, -0.15) is 0 Å². The molecule has 0 saturated heterocycles. The predicted molar refractivity (Wildman–Crippen MR) is 85.5 cm³/mol. The highest BCUT2D eigenvalue weighted by molar-refractivity contribution is 5.98. The molecule has 0 spiro atoms. The van der Waals surface area contributed by atoms with Gasteiger partial charge in [-0.1, -0.05) is 0 Å². The highest BCUT2D eigenvalue weighted by Gasteiger charge is 2.30. The summed E-state index contributed by atoms with van der Waals surface area (Å²) in [5.41, 5.74) is 0.516. The maximum atomic E-state index is 12.3. The van der Waals surface area contributed by atoms with Gasteiger partial charge in [-0.25, -0.2) is 0 Å². The monoisotopic (exact) mass is 334 g/mol. The Balaban J connectivity index is 1.51. The molecule has 1 aromatic rings. The zero-order valence-corrected chi connectivity index (χ0v) is 13.8. The molecule has 1 aliphatic carbocycles. The number of benzene rings is 1. The van der Waals surface area contributed by atoms with Crippen molar-refractivity contribution in [1.82, 2.24) is 0 Å². The van der Waals surface area contributed by atoms with Crippen molar-refractivity contribution >= 4 is 11.8 Å². The Morgan fingerprint density at radius 1 is 1.08 bits per heavy atom. The molecule has 130 valence electrons. The van der Waals surface area contributed by atoms with Crippen LogP contribution in [0.4, 0.5) is 0 Å². The van der Waals surface area contributed by atoms with Crippen LogP contribution >= 0.6 is 0 Å². The van der Waals surface area contributed by atoms with Crippen LogP contribution in [0.3, 0.4) is 0 Å². The number of rotatable bonds is 6. The van der Waals surface area contributed by atoms with Crippen LogP contribution in [0.5, 0.6) is 11.5 Å². The lowest BCUT2D eigenvalue weighted by Crippen LogP contribution is -2.27. The van der Waals surface area contributed by atoms with Gasteiger partial charge in [0.1, 0.15) is 19.3 Å². The van der Waals surface area contributed by atoms with Crippen LogP contribution in [-0.2, 0) is 14.3 Å². The largest absolute Gasteiger partial charge is 0.486 e. The molecule has 0 bridgehead atoms. The number of Topliss-reactive ketones (excluding diaryl/α,β-unsaturated/α-hetero) is 1. The van der Waals surface area contributed by atoms with Crippen LogP contribution in [0.25, 0.3) is 0 Å². The van der Waals surface area contributed by atoms with Gasteiger partial charge in [0.05, 0.1) is 12.5 Å². The number of methoxy groups -OCH3 is 1. The lowest BCUT2D eigenvalue weighted by molar-refractivity contribution is -0.154. The lowest BCUT2D eigenvalue weighted by Gasteiger charge is -2.19. The summed E-state index contributed by atoms with van der Waals surface area (Å²) >= 11 is 0. The van der Waals surface area contributed by atoms with Crippen LogP contribution in [0, 0.1) is 0 Å². The summed E-state index contributed by atoms with van der Waals surface area (Å²) in [4.78, 5) is 24.2.